The molecule has 0 heterocycles. The minimum Gasteiger partial charge on any atom is -0.507 e. The number of rotatable bonds is 3. The summed E-state index contributed by atoms with van der Waals surface area (Å²) in [6, 6.07) is 24.9. The molecule has 1 nitrogen and oxygen atoms in total. The maximum atomic E-state index is 13.9. The lowest BCUT2D eigenvalue weighted by Crippen LogP contribution is -2.26. The predicted molar refractivity (Wildman–Crippen MR) is 124 cm³/mol. The summed E-state index contributed by atoms with van der Waals surface area (Å²) < 4.78 is 27.8. The molecule has 4 aromatic carbocycles. The van der Waals surface area contributed by atoms with Gasteiger partial charge in [-0.2, -0.15) is 0 Å². The molecule has 1 N–H and O–H groups in total. The first-order chi connectivity index (χ1) is 15.4. The van der Waals surface area contributed by atoms with Gasteiger partial charge in [-0.1, -0.05) is 60.7 Å². The molecule has 5 rings (SSSR count). The lowest BCUT2D eigenvalue weighted by Gasteiger charge is -2.32. The Kier molecular flexibility index (Phi) is 4.70. The summed E-state index contributed by atoms with van der Waals surface area (Å²) >= 11 is 0. The van der Waals surface area contributed by atoms with Crippen molar-refractivity contribution in [1.29, 1.82) is 0 Å². The van der Waals surface area contributed by atoms with Crippen LogP contribution in [0.5, 0.6) is 5.75 Å². The molecule has 0 atom stereocenters. The first-order valence-corrected chi connectivity index (χ1v) is 10.6. The number of hydrogen-bond acceptors (Lipinski definition) is 1. The number of allylic oxidation sites excluding steroid dienone is 1. The van der Waals surface area contributed by atoms with E-state index >= 15 is 0 Å². The monoisotopic (exact) mass is 424 g/mol. The third kappa shape index (κ3) is 2.96. The van der Waals surface area contributed by atoms with Gasteiger partial charge in [-0.15, -0.1) is 0 Å². The number of benzene rings is 4. The molecule has 32 heavy (non-hydrogen) atoms. The molecule has 0 saturated heterocycles. The van der Waals surface area contributed by atoms with Crippen LogP contribution in [-0.2, 0) is 5.41 Å². The van der Waals surface area contributed by atoms with E-state index < -0.39 is 5.41 Å². The maximum absolute atomic E-state index is 13.9. The van der Waals surface area contributed by atoms with E-state index in [0.29, 0.717) is 0 Å². The van der Waals surface area contributed by atoms with Crippen molar-refractivity contribution < 1.29 is 13.9 Å². The van der Waals surface area contributed by atoms with E-state index in [1.165, 1.54) is 24.3 Å². The van der Waals surface area contributed by atoms with Crippen LogP contribution < -0.4 is 0 Å². The summed E-state index contributed by atoms with van der Waals surface area (Å²) in [7, 11) is 0. The van der Waals surface area contributed by atoms with E-state index in [1.807, 2.05) is 38.1 Å². The van der Waals surface area contributed by atoms with Gasteiger partial charge in [0.15, 0.2) is 0 Å². The summed E-state index contributed by atoms with van der Waals surface area (Å²) in [5, 5.41) is 10.9. The van der Waals surface area contributed by atoms with Gasteiger partial charge in [-0.25, -0.2) is 8.78 Å². The second-order valence-corrected chi connectivity index (χ2v) is 8.34. The molecule has 0 radical (unpaired) electrons. The number of aryl methyl sites for hydroxylation is 1. The number of hydrogen-bond donors (Lipinski definition) is 1. The van der Waals surface area contributed by atoms with Crippen LogP contribution in [0.2, 0.25) is 0 Å². The summed E-state index contributed by atoms with van der Waals surface area (Å²) in [5.41, 5.74) is 6.46. The zero-order valence-electron chi connectivity index (χ0n) is 17.9. The lowest BCUT2D eigenvalue weighted by atomic mass is 9.69. The molecule has 0 unspecified atom stereocenters. The van der Waals surface area contributed by atoms with Gasteiger partial charge >= 0.3 is 0 Å². The Morgan fingerprint density at radius 1 is 0.719 bits per heavy atom. The average Bonchev–Trinajstić information content (AvgIpc) is 3.15. The highest BCUT2D eigenvalue weighted by Gasteiger charge is 2.43. The number of fused-ring (bicyclic) bond motifs is 1. The molecular weight excluding hydrogens is 402 g/mol. The standard InChI is InChI=1S/C29H22F2O/c1-18-16-25-26(20-6-4-3-5-7-20)17-29(27(25)19(2)28(18)32,21-8-12-23(30)13-9-21)22-10-14-24(31)15-11-22/h3-17,32H,1-2H3. The van der Waals surface area contributed by atoms with Gasteiger partial charge in [0.25, 0.3) is 0 Å². The Labute approximate surface area is 186 Å². The highest BCUT2D eigenvalue weighted by atomic mass is 19.1. The Morgan fingerprint density at radius 2 is 1.25 bits per heavy atom. The van der Waals surface area contributed by atoms with Crippen LogP contribution in [0.15, 0.2) is 91.0 Å². The fourth-order valence-corrected chi connectivity index (χ4v) is 4.96. The molecule has 0 spiro atoms. The average molecular weight is 424 g/mol. The number of phenolic OH excluding ortho intramolecular Hbond substituents is 1. The summed E-state index contributed by atoms with van der Waals surface area (Å²) in [6.07, 6.45) is 2.17. The van der Waals surface area contributed by atoms with E-state index in [0.717, 1.165) is 44.5 Å². The molecule has 1 aliphatic carbocycles. The molecule has 3 heteroatoms. The van der Waals surface area contributed by atoms with Crippen LogP contribution in [0.4, 0.5) is 8.78 Å². The number of phenols is 1. The van der Waals surface area contributed by atoms with Gasteiger partial charge in [-0.05, 0) is 88.7 Å². The largest absolute Gasteiger partial charge is 0.507 e. The third-order valence-corrected chi connectivity index (χ3v) is 6.46. The molecule has 0 saturated carbocycles. The first kappa shape index (κ1) is 20.2. The lowest BCUT2D eigenvalue weighted by molar-refractivity contribution is 0.465. The van der Waals surface area contributed by atoms with Gasteiger partial charge in [0.2, 0.25) is 0 Å². The molecular formula is C29H22F2O. The van der Waals surface area contributed by atoms with Gasteiger partial charge in [0.05, 0.1) is 5.41 Å². The highest BCUT2D eigenvalue weighted by Crippen LogP contribution is 2.54. The quantitative estimate of drug-likeness (QED) is 0.373. The molecule has 1 aliphatic rings. The Balaban J connectivity index is 1.94. The van der Waals surface area contributed by atoms with Crippen molar-refractivity contribution in [2.75, 3.05) is 0 Å². The fourth-order valence-electron chi connectivity index (χ4n) is 4.96. The number of halogens is 2. The SMILES string of the molecule is Cc1cc2c(c(C)c1O)C(c1ccc(F)cc1)(c1ccc(F)cc1)C=C2c1ccccc1. The van der Waals surface area contributed by atoms with Crippen LogP contribution in [-0.4, -0.2) is 5.11 Å². The van der Waals surface area contributed by atoms with Crippen LogP contribution in [0.25, 0.3) is 5.57 Å². The molecule has 158 valence electrons. The normalized spacial score (nSPS) is 14.2. The van der Waals surface area contributed by atoms with Crippen LogP contribution in [0, 0.1) is 25.5 Å². The van der Waals surface area contributed by atoms with E-state index in [1.54, 1.807) is 24.3 Å². The number of aromatic hydroxyl groups is 1. The summed E-state index contributed by atoms with van der Waals surface area (Å²) in [6.45, 7) is 3.80. The van der Waals surface area contributed by atoms with Crippen molar-refractivity contribution in [3.05, 3.63) is 142 Å². The van der Waals surface area contributed by atoms with E-state index in [9.17, 15) is 13.9 Å². The van der Waals surface area contributed by atoms with Crippen molar-refractivity contribution in [3.8, 4) is 5.75 Å². The minimum absolute atomic E-state index is 0.236. The van der Waals surface area contributed by atoms with Gasteiger partial charge in [0.1, 0.15) is 17.4 Å². The van der Waals surface area contributed by atoms with E-state index in [4.69, 9.17) is 0 Å². The van der Waals surface area contributed by atoms with Crippen LogP contribution in [0.1, 0.15) is 38.9 Å². The predicted octanol–water partition coefficient (Wildman–Crippen LogP) is 7.07. The van der Waals surface area contributed by atoms with Crippen LogP contribution >= 0.6 is 0 Å². The van der Waals surface area contributed by atoms with Crippen molar-refractivity contribution in [3.63, 3.8) is 0 Å². The van der Waals surface area contributed by atoms with Crippen LogP contribution in [0.3, 0.4) is 0 Å². The smallest absolute Gasteiger partial charge is 0.123 e. The highest BCUT2D eigenvalue weighted by molar-refractivity contribution is 5.91. The van der Waals surface area contributed by atoms with Crippen molar-refractivity contribution in [2.45, 2.75) is 19.3 Å². The fraction of sp³-hybridized carbons (Fsp3) is 0.103. The van der Waals surface area contributed by atoms with E-state index in [-0.39, 0.29) is 17.4 Å². The molecule has 0 amide bonds. The zero-order valence-corrected chi connectivity index (χ0v) is 17.9. The Bertz CT molecular complexity index is 1290. The van der Waals surface area contributed by atoms with Gasteiger partial charge in [-0.3, -0.25) is 0 Å². The third-order valence-electron chi connectivity index (χ3n) is 6.46. The summed E-state index contributed by atoms with van der Waals surface area (Å²) in [4.78, 5) is 0. The van der Waals surface area contributed by atoms with Gasteiger partial charge in [0, 0.05) is 0 Å². The Morgan fingerprint density at radius 3 is 1.78 bits per heavy atom. The Hall–Kier alpha value is -3.72. The minimum atomic E-state index is -0.808. The molecule has 0 aromatic heterocycles. The molecule has 4 aromatic rings. The first-order valence-electron chi connectivity index (χ1n) is 10.6. The second kappa shape index (κ2) is 7.45. The van der Waals surface area contributed by atoms with Gasteiger partial charge < -0.3 is 5.11 Å². The van der Waals surface area contributed by atoms with E-state index in [2.05, 4.69) is 18.2 Å². The molecule has 0 fully saturated rings. The van der Waals surface area contributed by atoms with Crippen molar-refractivity contribution >= 4 is 5.57 Å². The zero-order chi connectivity index (χ0) is 22.5. The topological polar surface area (TPSA) is 20.2 Å². The molecule has 0 aliphatic heterocycles. The summed E-state index contributed by atoms with van der Waals surface area (Å²) in [5.74, 6) is -0.408. The second-order valence-electron chi connectivity index (χ2n) is 8.34. The van der Waals surface area contributed by atoms with Crippen molar-refractivity contribution in [2.24, 2.45) is 0 Å². The molecule has 0 bridgehead atoms. The maximum Gasteiger partial charge on any atom is 0.123 e. The van der Waals surface area contributed by atoms with Crippen molar-refractivity contribution in [1.82, 2.24) is 0 Å².